The maximum Gasteiger partial charge on any atom is 0.304 e. The van der Waals surface area contributed by atoms with Crippen molar-refractivity contribution in [1.29, 1.82) is 0 Å². The van der Waals surface area contributed by atoms with E-state index in [4.69, 9.17) is 4.52 Å². The van der Waals surface area contributed by atoms with Crippen LogP contribution in [0.3, 0.4) is 0 Å². The summed E-state index contributed by atoms with van der Waals surface area (Å²) in [5.41, 5.74) is 4.65. The highest BCUT2D eigenvalue weighted by atomic mass is 16.5. The molecule has 192 valence electrons. The van der Waals surface area contributed by atoms with E-state index in [0.717, 1.165) is 59.7 Å². The average molecular weight is 483 g/mol. The standard InChI is InChI=1S/C24H30N2O4.C5H12/c1-13-4-7-19(15(3)8-13)25-20(27)11-17(12-21(28)29)23-22(16-5-6-16)24(30-26-23)18-9-14(2)10-18;1-4-5(2)3/h4,7-8,14,16-18H,5-6,9-12H2,1-3H3,(H,25,27)(H,28,29);5H,4H2,1-3H3. The van der Waals surface area contributed by atoms with Crippen LogP contribution in [0.1, 0.15) is 119 Å². The summed E-state index contributed by atoms with van der Waals surface area (Å²) >= 11 is 0. The molecule has 1 aromatic carbocycles. The molecule has 0 bridgehead atoms. The first-order chi connectivity index (χ1) is 16.6. The fourth-order valence-electron chi connectivity index (χ4n) is 4.67. The van der Waals surface area contributed by atoms with Crippen LogP contribution in [0.2, 0.25) is 0 Å². The number of rotatable bonds is 9. The van der Waals surface area contributed by atoms with Crippen LogP contribution in [-0.2, 0) is 9.59 Å². The Kier molecular flexibility index (Phi) is 9.15. The number of hydrogen-bond donors (Lipinski definition) is 2. The molecular formula is C29H42N2O4. The van der Waals surface area contributed by atoms with Gasteiger partial charge in [0.1, 0.15) is 5.76 Å². The molecule has 0 saturated heterocycles. The molecule has 2 aliphatic carbocycles. The van der Waals surface area contributed by atoms with Crippen molar-refractivity contribution in [2.24, 2.45) is 11.8 Å². The molecule has 1 heterocycles. The van der Waals surface area contributed by atoms with Gasteiger partial charge in [-0.3, -0.25) is 9.59 Å². The lowest BCUT2D eigenvalue weighted by Crippen LogP contribution is -2.21. The smallest absolute Gasteiger partial charge is 0.304 e. The highest BCUT2D eigenvalue weighted by Gasteiger charge is 2.41. The van der Waals surface area contributed by atoms with Gasteiger partial charge in [0.15, 0.2) is 0 Å². The van der Waals surface area contributed by atoms with Crippen molar-refractivity contribution in [3.8, 4) is 0 Å². The Morgan fingerprint density at radius 1 is 1.14 bits per heavy atom. The van der Waals surface area contributed by atoms with Crippen LogP contribution >= 0.6 is 0 Å². The van der Waals surface area contributed by atoms with Crippen LogP contribution in [-0.4, -0.2) is 22.1 Å². The highest BCUT2D eigenvalue weighted by Crippen LogP contribution is 2.51. The summed E-state index contributed by atoms with van der Waals surface area (Å²) in [6, 6.07) is 5.85. The normalized spacial score (nSPS) is 20.0. The average Bonchev–Trinajstić information content (AvgIpc) is 3.51. The lowest BCUT2D eigenvalue weighted by molar-refractivity contribution is -0.137. The number of aryl methyl sites for hydroxylation is 2. The summed E-state index contributed by atoms with van der Waals surface area (Å²) in [5.74, 6) is 1.68. The Bertz CT molecular complexity index is 1020. The van der Waals surface area contributed by atoms with Crippen LogP contribution in [0.5, 0.6) is 0 Å². The molecule has 2 aliphatic rings. The van der Waals surface area contributed by atoms with Crippen molar-refractivity contribution in [2.75, 3.05) is 5.32 Å². The molecule has 35 heavy (non-hydrogen) atoms. The number of amides is 1. The van der Waals surface area contributed by atoms with Gasteiger partial charge in [-0.2, -0.15) is 0 Å². The van der Waals surface area contributed by atoms with E-state index >= 15 is 0 Å². The van der Waals surface area contributed by atoms with E-state index in [1.54, 1.807) is 0 Å². The fraction of sp³-hybridized carbons (Fsp3) is 0.621. The summed E-state index contributed by atoms with van der Waals surface area (Å²) in [6.07, 6.45) is 5.59. The van der Waals surface area contributed by atoms with Gasteiger partial charge < -0.3 is 14.9 Å². The van der Waals surface area contributed by atoms with Gasteiger partial charge in [0.25, 0.3) is 0 Å². The van der Waals surface area contributed by atoms with E-state index < -0.39 is 11.9 Å². The molecule has 6 heteroatoms. The first-order valence-electron chi connectivity index (χ1n) is 13.2. The molecule has 4 rings (SSSR count). The second kappa shape index (κ2) is 11.9. The quantitative estimate of drug-likeness (QED) is 0.390. The van der Waals surface area contributed by atoms with E-state index in [9.17, 15) is 14.7 Å². The molecule has 1 atom stereocenters. The Balaban J connectivity index is 0.000000623. The minimum atomic E-state index is -0.928. The number of carbonyl (C=O) groups is 2. The molecular weight excluding hydrogens is 440 g/mol. The molecule has 6 nitrogen and oxygen atoms in total. The van der Waals surface area contributed by atoms with E-state index in [1.165, 1.54) is 6.42 Å². The Hall–Kier alpha value is -2.63. The predicted octanol–water partition coefficient (Wildman–Crippen LogP) is 7.32. The molecule has 2 saturated carbocycles. The third-order valence-corrected chi connectivity index (χ3v) is 7.23. The molecule has 2 fully saturated rings. The van der Waals surface area contributed by atoms with Crippen molar-refractivity contribution < 1.29 is 19.2 Å². The minimum Gasteiger partial charge on any atom is -0.481 e. The maximum atomic E-state index is 12.8. The maximum absolute atomic E-state index is 12.8. The summed E-state index contributed by atoms with van der Waals surface area (Å²) in [4.78, 5) is 24.4. The molecule has 1 unspecified atom stereocenters. The van der Waals surface area contributed by atoms with Gasteiger partial charge in [-0.25, -0.2) is 0 Å². The van der Waals surface area contributed by atoms with Gasteiger partial charge in [-0.1, -0.05) is 57.0 Å². The lowest BCUT2D eigenvalue weighted by Gasteiger charge is -2.31. The van der Waals surface area contributed by atoms with Gasteiger partial charge >= 0.3 is 5.97 Å². The fourth-order valence-corrected chi connectivity index (χ4v) is 4.67. The van der Waals surface area contributed by atoms with Crippen molar-refractivity contribution in [3.05, 3.63) is 46.3 Å². The van der Waals surface area contributed by atoms with Crippen LogP contribution in [0.4, 0.5) is 5.69 Å². The number of carbonyl (C=O) groups excluding carboxylic acids is 1. The number of aliphatic carboxylic acids is 1. The molecule has 0 radical (unpaired) electrons. The number of aromatic nitrogens is 1. The van der Waals surface area contributed by atoms with E-state index in [1.807, 2.05) is 32.0 Å². The molecule has 0 spiro atoms. The Labute approximate surface area is 209 Å². The molecule has 1 aromatic heterocycles. The summed E-state index contributed by atoms with van der Waals surface area (Å²) in [6.45, 7) is 12.8. The number of hydrogen-bond acceptors (Lipinski definition) is 4. The second-order valence-electron chi connectivity index (χ2n) is 11.1. The monoisotopic (exact) mass is 482 g/mol. The Morgan fingerprint density at radius 2 is 1.80 bits per heavy atom. The van der Waals surface area contributed by atoms with Gasteiger partial charge in [-0.15, -0.1) is 0 Å². The molecule has 1 amide bonds. The molecule has 0 aliphatic heterocycles. The zero-order chi connectivity index (χ0) is 25.7. The second-order valence-corrected chi connectivity index (χ2v) is 11.1. The van der Waals surface area contributed by atoms with Gasteiger partial charge in [0.05, 0.1) is 12.1 Å². The van der Waals surface area contributed by atoms with Crippen molar-refractivity contribution in [3.63, 3.8) is 0 Å². The first kappa shape index (κ1) is 27.0. The number of nitrogens with one attached hydrogen (secondary N) is 1. The van der Waals surface area contributed by atoms with Crippen LogP contribution in [0, 0.1) is 25.7 Å². The summed E-state index contributed by atoms with van der Waals surface area (Å²) in [5, 5.41) is 16.8. The number of nitrogens with zero attached hydrogens (tertiary/aromatic N) is 1. The van der Waals surface area contributed by atoms with Crippen molar-refractivity contribution in [1.82, 2.24) is 5.16 Å². The topological polar surface area (TPSA) is 92.4 Å². The number of anilines is 1. The summed E-state index contributed by atoms with van der Waals surface area (Å²) in [7, 11) is 0. The van der Waals surface area contributed by atoms with Crippen molar-refractivity contribution >= 4 is 17.6 Å². The third-order valence-electron chi connectivity index (χ3n) is 7.23. The zero-order valence-electron chi connectivity index (χ0n) is 22.2. The lowest BCUT2D eigenvalue weighted by atomic mass is 9.73. The van der Waals surface area contributed by atoms with Gasteiger partial charge in [-0.05, 0) is 68.9 Å². The SMILES string of the molecule is CCC(C)C.Cc1ccc(NC(=O)CC(CC(=O)O)c2noc(C3CC(C)C3)c2C2CC2)c(C)c1. The zero-order valence-corrected chi connectivity index (χ0v) is 22.2. The number of carboxylic acids is 1. The largest absolute Gasteiger partial charge is 0.481 e. The van der Waals surface area contributed by atoms with Gasteiger partial charge in [0, 0.05) is 29.5 Å². The van der Waals surface area contributed by atoms with E-state index in [0.29, 0.717) is 23.4 Å². The molecule has 2 aromatic rings. The Morgan fingerprint density at radius 3 is 2.31 bits per heavy atom. The van der Waals surface area contributed by atoms with E-state index in [-0.39, 0.29) is 18.7 Å². The van der Waals surface area contributed by atoms with Gasteiger partial charge in [0.2, 0.25) is 5.91 Å². The highest BCUT2D eigenvalue weighted by molar-refractivity contribution is 5.92. The van der Waals surface area contributed by atoms with Crippen LogP contribution in [0.25, 0.3) is 0 Å². The number of carboxylic acid groups (broad SMARTS) is 1. The third kappa shape index (κ3) is 7.42. The van der Waals surface area contributed by atoms with E-state index in [2.05, 4.69) is 38.2 Å². The summed E-state index contributed by atoms with van der Waals surface area (Å²) < 4.78 is 5.77. The van der Waals surface area contributed by atoms with Crippen molar-refractivity contribution in [2.45, 2.75) is 104 Å². The van der Waals surface area contributed by atoms with Crippen LogP contribution in [0.15, 0.2) is 22.7 Å². The first-order valence-corrected chi connectivity index (χ1v) is 13.2. The number of benzene rings is 1. The predicted molar refractivity (Wildman–Crippen MR) is 139 cm³/mol. The van der Waals surface area contributed by atoms with Crippen LogP contribution < -0.4 is 5.32 Å². The molecule has 2 N–H and O–H groups in total. The minimum absolute atomic E-state index is 0.0758.